The van der Waals surface area contributed by atoms with E-state index in [0.29, 0.717) is 55.5 Å². The van der Waals surface area contributed by atoms with Crippen molar-refractivity contribution in [1.82, 2.24) is 14.9 Å². The fraction of sp³-hybridized carbons (Fsp3) is 0.258. The zero-order valence-corrected chi connectivity index (χ0v) is 23.2. The van der Waals surface area contributed by atoms with Gasteiger partial charge < -0.3 is 19.3 Å². The van der Waals surface area contributed by atoms with Gasteiger partial charge in [0.2, 0.25) is 0 Å². The third-order valence-electron chi connectivity index (χ3n) is 7.22. The number of anilines is 1. The maximum Gasteiger partial charge on any atom is 0.269 e. The van der Waals surface area contributed by atoms with Gasteiger partial charge in [-0.3, -0.25) is 14.9 Å². The van der Waals surface area contributed by atoms with Gasteiger partial charge in [-0.15, -0.1) is 0 Å². The van der Waals surface area contributed by atoms with E-state index >= 15 is 0 Å². The van der Waals surface area contributed by atoms with Gasteiger partial charge in [-0.05, 0) is 24.6 Å². The number of nitrogens with zero attached hydrogens (tertiary/aromatic N) is 5. The fourth-order valence-electron chi connectivity index (χ4n) is 4.94. The van der Waals surface area contributed by atoms with Crippen LogP contribution in [0.2, 0.25) is 0 Å². The van der Waals surface area contributed by atoms with Crippen molar-refractivity contribution in [1.29, 1.82) is 0 Å². The molecule has 0 bridgehead atoms. The second-order valence-electron chi connectivity index (χ2n) is 9.78. The Balaban J connectivity index is 1.42. The lowest BCUT2D eigenvalue weighted by atomic mass is 10.0. The highest BCUT2D eigenvalue weighted by Crippen LogP contribution is 2.30. The number of aryl methyl sites for hydroxylation is 1. The lowest BCUT2D eigenvalue weighted by Crippen LogP contribution is -2.49. The molecule has 1 saturated heterocycles. The van der Waals surface area contributed by atoms with Crippen LogP contribution in [-0.2, 0) is 6.42 Å². The van der Waals surface area contributed by atoms with Crippen molar-refractivity contribution >= 4 is 17.4 Å². The lowest BCUT2D eigenvalue weighted by molar-refractivity contribution is -0.384. The van der Waals surface area contributed by atoms with Crippen LogP contribution in [0.5, 0.6) is 11.5 Å². The Morgan fingerprint density at radius 2 is 1.54 bits per heavy atom. The van der Waals surface area contributed by atoms with Crippen LogP contribution >= 0.6 is 0 Å². The molecule has 5 rings (SSSR count). The van der Waals surface area contributed by atoms with Gasteiger partial charge in [0, 0.05) is 73.2 Å². The molecule has 0 aliphatic carbocycles. The Kier molecular flexibility index (Phi) is 8.09. The zero-order valence-electron chi connectivity index (χ0n) is 23.2. The fourth-order valence-corrected chi connectivity index (χ4v) is 4.94. The number of piperazine rings is 1. The van der Waals surface area contributed by atoms with Gasteiger partial charge in [0.15, 0.2) is 5.82 Å². The van der Waals surface area contributed by atoms with Crippen molar-refractivity contribution in [3.8, 4) is 22.9 Å². The van der Waals surface area contributed by atoms with Crippen LogP contribution in [0.4, 0.5) is 11.5 Å². The minimum absolute atomic E-state index is 0.0517. The Hall–Kier alpha value is -4.99. The number of nitro groups is 1. The first-order chi connectivity index (χ1) is 19.9. The van der Waals surface area contributed by atoms with E-state index < -0.39 is 4.92 Å². The molecule has 0 atom stereocenters. The van der Waals surface area contributed by atoms with Crippen LogP contribution < -0.4 is 14.4 Å². The molecule has 10 heteroatoms. The number of aromatic nitrogens is 2. The number of amides is 1. The van der Waals surface area contributed by atoms with Crippen LogP contribution in [0, 0.1) is 17.0 Å². The monoisotopic (exact) mass is 553 g/mol. The normalized spacial score (nSPS) is 13.1. The Labute approximate surface area is 238 Å². The molecule has 1 aliphatic rings. The SMILES string of the molecule is COc1cc(OC)cc(C(=O)N2CCN(c3nc(-c4ccccc4)nc(C)c3Cc3ccc([N+](=O)[O-])cc3)CC2)c1. The van der Waals surface area contributed by atoms with Crippen LogP contribution in [0.1, 0.15) is 27.2 Å². The molecule has 1 amide bonds. The summed E-state index contributed by atoms with van der Waals surface area (Å²) >= 11 is 0. The second kappa shape index (κ2) is 12.0. The van der Waals surface area contributed by atoms with Crippen molar-refractivity contribution in [3.05, 3.63) is 105 Å². The minimum atomic E-state index is -0.402. The third-order valence-corrected chi connectivity index (χ3v) is 7.22. The molecule has 4 aromatic rings. The predicted molar refractivity (Wildman–Crippen MR) is 156 cm³/mol. The van der Waals surface area contributed by atoms with Gasteiger partial charge in [-0.1, -0.05) is 42.5 Å². The highest BCUT2D eigenvalue weighted by molar-refractivity contribution is 5.95. The van der Waals surface area contributed by atoms with Crippen LogP contribution in [-0.4, -0.2) is 66.1 Å². The molecule has 10 nitrogen and oxygen atoms in total. The van der Waals surface area contributed by atoms with Crippen molar-refractivity contribution in [2.75, 3.05) is 45.3 Å². The Morgan fingerprint density at radius 1 is 0.902 bits per heavy atom. The Bertz CT molecular complexity index is 1530. The van der Waals surface area contributed by atoms with E-state index in [-0.39, 0.29) is 11.6 Å². The quantitative estimate of drug-likeness (QED) is 0.223. The van der Waals surface area contributed by atoms with Gasteiger partial charge in [0.1, 0.15) is 17.3 Å². The maximum atomic E-state index is 13.4. The summed E-state index contributed by atoms with van der Waals surface area (Å²) in [5, 5.41) is 11.1. The largest absolute Gasteiger partial charge is 0.497 e. The number of methoxy groups -OCH3 is 2. The summed E-state index contributed by atoms with van der Waals surface area (Å²) in [4.78, 5) is 38.0. The summed E-state index contributed by atoms with van der Waals surface area (Å²) in [6.45, 7) is 4.17. The van der Waals surface area contributed by atoms with Crippen molar-refractivity contribution in [2.45, 2.75) is 13.3 Å². The summed E-state index contributed by atoms with van der Waals surface area (Å²) in [5.41, 5.74) is 4.20. The molecule has 0 spiro atoms. The molecule has 1 aliphatic heterocycles. The highest BCUT2D eigenvalue weighted by Gasteiger charge is 2.26. The number of hydrogen-bond donors (Lipinski definition) is 0. The number of carbonyl (C=O) groups is 1. The molecule has 41 heavy (non-hydrogen) atoms. The average molecular weight is 554 g/mol. The molecule has 1 aromatic heterocycles. The third kappa shape index (κ3) is 6.11. The molecule has 0 saturated carbocycles. The molecule has 1 fully saturated rings. The number of benzene rings is 3. The lowest BCUT2D eigenvalue weighted by Gasteiger charge is -2.36. The van der Waals surface area contributed by atoms with E-state index in [1.165, 1.54) is 12.1 Å². The number of hydrogen-bond acceptors (Lipinski definition) is 8. The number of nitro benzene ring substituents is 1. The minimum Gasteiger partial charge on any atom is -0.497 e. The number of rotatable bonds is 8. The number of non-ortho nitro benzene ring substituents is 1. The first kappa shape index (κ1) is 27.6. The molecule has 2 heterocycles. The molecule has 210 valence electrons. The van der Waals surface area contributed by atoms with Crippen molar-refractivity contribution in [3.63, 3.8) is 0 Å². The number of ether oxygens (including phenoxy) is 2. The van der Waals surface area contributed by atoms with Gasteiger partial charge >= 0.3 is 0 Å². The van der Waals surface area contributed by atoms with E-state index in [4.69, 9.17) is 19.4 Å². The summed E-state index contributed by atoms with van der Waals surface area (Å²) in [6.07, 6.45) is 0.525. The summed E-state index contributed by atoms with van der Waals surface area (Å²) in [7, 11) is 3.12. The topological polar surface area (TPSA) is 111 Å². The van der Waals surface area contributed by atoms with Gasteiger partial charge in [-0.2, -0.15) is 0 Å². The van der Waals surface area contributed by atoms with Gasteiger partial charge in [-0.25, -0.2) is 9.97 Å². The smallest absolute Gasteiger partial charge is 0.269 e. The molecule has 0 unspecified atom stereocenters. The van der Waals surface area contributed by atoms with Crippen molar-refractivity contribution < 1.29 is 19.2 Å². The first-order valence-electron chi connectivity index (χ1n) is 13.3. The predicted octanol–water partition coefficient (Wildman–Crippen LogP) is 4.93. The van der Waals surface area contributed by atoms with Gasteiger partial charge in [0.05, 0.1) is 19.1 Å². The molecule has 0 N–H and O–H groups in total. The van der Waals surface area contributed by atoms with Crippen LogP contribution in [0.3, 0.4) is 0 Å². The van der Waals surface area contributed by atoms with E-state index in [1.54, 1.807) is 44.6 Å². The molecular formula is C31H31N5O5. The molecule has 3 aromatic carbocycles. The summed E-state index contributed by atoms with van der Waals surface area (Å²) in [5.74, 6) is 2.48. The van der Waals surface area contributed by atoms with Crippen LogP contribution in [0.25, 0.3) is 11.4 Å². The van der Waals surface area contributed by atoms with Gasteiger partial charge in [0.25, 0.3) is 11.6 Å². The van der Waals surface area contributed by atoms with E-state index in [2.05, 4.69) is 4.90 Å². The Morgan fingerprint density at radius 3 is 2.12 bits per heavy atom. The maximum absolute atomic E-state index is 13.4. The highest BCUT2D eigenvalue weighted by atomic mass is 16.6. The van der Waals surface area contributed by atoms with E-state index in [1.807, 2.05) is 42.2 Å². The average Bonchev–Trinajstić information content (AvgIpc) is 3.02. The molecular weight excluding hydrogens is 522 g/mol. The van der Waals surface area contributed by atoms with Crippen LogP contribution in [0.15, 0.2) is 72.8 Å². The summed E-state index contributed by atoms with van der Waals surface area (Å²) in [6, 6.07) is 21.6. The first-order valence-corrected chi connectivity index (χ1v) is 13.3. The standard InChI is InChI=1S/C31H31N5O5/c1-21-28(17-22-9-11-25(12-10-22)36(38)39)30(33-29(32-21)23-7-5-4-6-8-23)34-13-15-35(16-14-34)31(37)24-18-26(40-2)20-27(19-24)41-3/h4-12,18-20H,13-17H2,1-3H3. The van der Waals surface area contributed by atoms with E-state index in [9.17, 15) is 14.9 Å². The van der Waals surface area contributed by atoms with E-state index in [0.717, 1.165) is 28.2 Å². The second-order valence-corrected chi connectivity index (χ2v) is 9.78. The van der Waals surface area contributed by atoms with Crippen molar-refractivity contribution in [2.24, 2.45) is 0 Å². The summed E-state index contributed by atoms with van der Waals surface area (Å²) < 4.78 is 10.7. The molecule has 0 radical (unpaired) electrons. The number of carbonyl (C=O) groups excluding carboxylic acids is 1. The zero-order chi connectivity index (χ0) is 28.9.